The fourth-order valence-electron chi connectivity index (χ4n) is 3.13. The second-order valence-electron chi connectivity index (χ2n) is 7.60. The molecule has 184 valence electrons. The van der Waals surface area contributed by atoms with Crippen molar-refractivity contribution in [3.8, 4) is 11.5 Å². The highest BCUT2D eigenvalue weighted by molar-refractivity contribution is 7.92. The number of sulfonamides is 1. The summed E-state index contributed by atoms with van der Waals surface area (Å²) in [6.45, 7) is 2.31. The maximum absolute atomic E-state index is 12.8. The lowest BCUT2D eigenvalue weighted by Gasteiger charge is -2.12. The SMILES string of the molecule is COc1ccccc1NS(=O)(=O)c1cccc(C(=O)NNC(=O)CCCOc2cccc(C)c2)c1. The van der Waals surface area contributed by atoms with Gasteiger partial charge in [-0.15, -0.1) is 0 Å². The molecule has 3 aromatic carbocycles. The molecular formula is C25H27N3O6S. The molecule has 3 rings (SSSR count). The van der Waals surface area contributed by atoms with Gasteiger partial charge < -0.3 is 9.47 Å². The first-order chi connectivity index (χ1) is 16.8. The molecule has 0 spiro atoms. The van der Waals surface area contributed by atoms with Gasteiger partial charge in [0.25, 0.3) is 15.9 Å². The van der Waals surface area contributed by atoms with Gasteiger partial charge in [-0.25, -0.2) is 8.42 Å². The minimum atomic E-state index is -3.99. The molecule has 3 N–H and O–H groups in total. The van der Waals surface area contributed by atoms with Gasteiger partial charge in [0.2, 0.25) is 5.91 Å². The number of hydrazine groups is 1. The molecule has 2 amide bonds. The average molecular weight is 498 g/mol. The molecule has 0 aliphatic heterocycles. The van der Waals surface area contributed by atoms with Crippen molar-refractivity contribution in [2.75, 3.05) is 18.4 Å². The van der Waals surface area contributed by atoms with E-state index < -0.39 is 21.8 Å². The Kier molecular flexibility index (Phi) is 8.69. The second-order valence-corrected chi connectivity index (χ2v) is 9.29. The van der Waals surface area contributed by atoms with E-state index in [4.69, 9.17) is 9.47 Å². The molecule has 35 heavy (non-hydrogen) atoms. The van der Waals surface area contributed by atoms with Crippen LogP contribution in [0.3, 0.4) is 0 Å². The van der Waals surface area contributed by atoms with Crippen LogP contribution in [0, 0.1) is 6.92 Å². The smallest absolute Gasteiger partial charge is 0.269 e. The van der Waals surface area contributed by atoms with E-state index >= 15 is 0 Å². The highest BCUT2D eigenvalue weighted by Gasteiger charge is 2.18. The van der Waals surface area contributed by atoms with Gasteiger partial charge in [0.15, 0.2) is 0 Å². The zero-order valence-electron chi connectivity index (χ0n) is 19.4. The number of nitrogens with one attached hydrogen (secondary N) is 3. The van der Waals surface area contributed by atoms with E-state index in [0.29, 0.717) is 18.8 Å². The molecule has 9 nitrogen and oxygen atoms in total. The molecule has 10 heteroatoms. The van der Waals surface area contributed by atoms with Gasteiger partial charge in [0.1, 0.15) is 11.5 Å². The van der Waals surface area contributed by atoms with E-state index in [2.05, 4.69) is 15.6 Å². The Morgan fingerprint density at radius 3 is 2.46 bits per heavy atom. The lowest BCUT2D eigenvalue weighted by Crippen LogP contribution is -2.41. The Hall–Kier alpha value is -4.05. The number of carbonyl (C=O) groups excluding carboxylic acids is 2. The fraction of sp³-hybridized carbons (Fsp3) is 0.200. The maximum atomic E-state index is 12.8. The minimum absolute atomic E-state index is 0.0657. The molecule has 0 aliphatic rings. The van der Waals surface area contributed by atoms with Crippen molar-refractivity contribution in [3.05, 3.63) is 83.9 Å². The molecule has 0 aromatic heterocycles. The number of carbonyl (C=O) groups is 2. The third kappa shape index (κ3) is 7.47. The lowest BCUT2D eigenvalue weighted by atomic mass is 10.2. The fourth-order valence-corrected chi connectivity index (χ4v) is 4.24. The van der Waals surface area contributed by atoms with Gasteiger partial charge >= 0.3 is 0 Å². The summed E-state index contributed by atoms with van der Waals surface area (Å²) in [7, 11) is -2.55. The first kappa shape index (κ1) is 25.6. The van der Waals surface area contributed by atoms with Crippen LogP contribution in [0.2, 0.25) is 0 Å². The number of hydrogen-bond donors (Lipinski definition) is 3. The van der Waals surface area contributed by atoms with Crippen molar-refractivity contribution < 1.29 is 27.5 Å². The molecule has 0 fully saturated rings. The van der Waals surface area contributed by atoms with E-state index in [1.54, 1.807) is 24.3 Å². The summed E-state index contributed by atoms with van der Waals surface area (Å²) in [5, 5.41) is 0. The number of anilines is 1. The summed E-state index contributed by atoms with van der Waals surface area (Å²) in [4.78, 5) is 24.4. The Labute approximate surface area is 204 Å². The summed E-state index contributed by atoms with van der Waals surface area (Å²) in [5.41, 5.74) is 6.03. The summed E-state index contributed by atoms with van der Waals surface area (Å²) in [6, 6.07) is 19.6. The zero-order valence-corrected chi connectivity index (χ0v) is 20.2. The largest absolute Gasteiger partial charge is 0.495 e. The number of amides is 2. The molecule has 0 radical (unpaired) electrons. The van der Waals surface area contributed by atoms with Crippen molar-refractivity contribution in [2.24, 2.45) is 0 Å². The Morgan fingerprint density at radius 1 is 0.914 bits per heavy atom. The number of ether oxygens (including phenoxy) is 2. The number of hydrogen-bond acceptors (Lipinski definition) is 6. The molecule has 0 saturated carbocycles. The molecule has 0 bridgehead atoms. The standard InChI is InChI=1S/C25H27N3O6S/c1-18-8-5-10-20(16-18)34-15-7-14-24(29)26-27-25(30)19-9-6-11-21(17-19)35(31,32)28-22-12-3-4-13-23(22)33-2/h3-6,8-13,16-17,28H,7,14-15H2,1-2H3,(H,26,29)(H,27,30). The van der Waals surface area contributed by atoms with Gasteiger partial charge in [-0.1, -0.05) is 30.3 Å². The van der Waals surface area contributed by atoms with Crippen LogP contribution >= 0.6 is 0 Å². The number of aryl methyl sites for hydroxylation is 1. The van der Waals surface area contributed by atoms with Gasteiger partial charge in [-0.3, -0.25) is 25.2 Å². The van der Waals surface area contributed by atoms with Crippen LogP contribution in [0.25, 0.3) is 0 Å². The molecule has 3 aromatic rings. The molecule has 0 saturated heterocycles. The van der Waals surface area contributed by atoms with Crippen LogP contribution < -0.4 is 25.0 Å². The van der Waals surface area contributed by atoms with Crippen molar-refractivity contribution >= 4 is 27.5 Å². The quantitative estimate of drug-likeness (QED) is 0.291. The zero-order chi connectivity index (χ0) is 25.3. The van der Waals surface area contributed by atoms with Crippen LogP contribution in [0.15, 0.2) is 77.7 Å². The molecule has 0 heterocycles. The monoisotopic (exact) mass is 497 g/mol. The van der Waals surface area contributed by atoms with Crippen molar-refractivity contribution in [1.82, 2.24) is 10.9 Å². The van der Waals surface area contributed by atoms with E-state index in [1.165, 1.54) is 31.4 Å². The molecular weight excluding hydrogens is 470 g/mol. The first-order valence-corrected chi connectivity index (χ1v) is 12.3. The average Bonchev–Trinajstić information content (AvgIpc) is 2.85. The number of rotatable bonds is 10. The summed E-state index contributed by atoms with van der Waals surface area (Å²) < 4.78 is 38.8. The van der Waals surface area contributed by atoms with E-state index in [1.807, 2.05) is 31.2 Å². The van der Waals surface area contributed by atoms with Crippen molar-refractivity contribution in [3.63, 3.8) is 0 Å². The molecule has 0 atom stereocenters. The molecule has 0 unspecified atom stereocenters. The summed E-state index contributed by atoms with van der Waals surface area (Å²) in [5.74, 6) is 0.0437. The van der Waals surface area contributed by atoms with Gasteiger partial charge in [0, 0.05) is 12.0 Å². The normalized spacial score (nSPS) is 10.8. The van der Waals surface area contributed by atoms with Gasteiger partial charge in [0.05, 0.1) is 24.3 Å². The van der Waals surface area contributed by atoms with E-state index in [-0.39, 0.29) is 22.6 Å². The summed E-state index contributed by atoms with van der Waals surface area (Å²) in [6.07, 6.45) is 0.599. The lowest BCUT2D eigenvalue weighted by molar-refractivity contribution is -0.122. The predicted octanol–water partition coefficient (Wildman–Crippen LogP) is 3.42. The first-order valence-electron chi connectivity index (χ1n) is 10.8. The predicted molar refractivity (Wildman–Crippen MR) is 132 cm³/mol. The summed E-state index contributed by atoms with van der Waals surface area (Å²) >= 11 is 0. The van der Waals surface area contributed by atoms with Crippen LogP contribution in [-0.4, -0.2) is 33.9 Å². The van der Waals surface area contributed by atoms with Gasteiger partial charge in [-0.2, -0.15) is 0 Å². The van der Waals surface area contributed by atoms with Gasteiger partial charge in [-0.05, 0) is 61.4 Å². The van der Waals surface area contributed by atoms with Crippen LogP contribution in [-0.2, 0) is 14.8 Å². The van der Waals surface area contributed by atoms with Crippen molar-refractivity contribution in [1.29, 1.82) is 0 Å². The Balaban J connectivity index is 1.51. The highest BCUT2D eigenvalue weighted by Crippen LogP contribution is 2.26. The van der Waals surface area contributed by atoms with E-state index in [0.717, 1.165) is 11.3 Å². The number of para-hydroxylation sites is 2. The molecule has 0 aliphatic carbocycles. The topological polar surface area (TPSA) is 123 Å². The Morgan fingerprint density at radius 2 is 1.69 bits per heavy atom. The van der Waals surface area contributed by atoms with Crippen LogP contribution in [0.5, 0.6) is 11.5 Å². The Bertz CT molecular complexity index is 1290. The van der Waals surface area contributed by atoms with Crippen molar-refractivity contribution in [2.45, 2.75) is 24.7 Å². The van der Waals surface area contributed by atoms with E-state index in [9.17, 15) is 18.0 Å². The van der Waals surface area contributed by atoms with Crippen LogP contribution in [0.4, 0.5) is 5.69 Å². The highest BCUT2D eigenvalue weighted by atomic mass is 32.2. The number of methoxy groups -OCH3 is 1. The van der Waals surface area contributed by atoms with Crippen LogP contribution in [0.1, 0.15) is 28.8 Å². The number of benzene rings is 3. The minimum Gasteiger partial charge on any atom is -0.495 e. The third-order valence-corrected chi connectivity index (χ3v) is 6.24. The third-order valence-electron chi connectivity index (χ3n) is 4.88. The maximum Gasteiger partial charge on any atom is 0.269 e. The second kappa shape index (κ2) is 11.9.